The van der Waals surface area contributed by atoms with Gasteiger partial charge in [0.25, 0.3) is 0 Å². The van der Waals surface area contributed by atoms with E-state index in [1.165, 1.54) is 0 Å². The number of nitrogens with one attached hydrogen (secondary N) is 1. The van der Waals surface area contributed by atoms with Gasteiger partial charge in [-0.25, -0.2) is 0 Å². The Morgan fingerprint density at radius 3 is 1.92 bits per heavy atom. The molecule has 4 rings (SSSR count). The first kappa shape index (κ1) is 27.2. The Kier molecular flexibility index (Phi) is 9.65. The van der Waals surface area contributed by atoms with Gasteiger partial charge in [0.1, 0.15) is 6.04 Å². The van der Waals surface area contributed by atoms with Crippen molar-refractivity contribution >= 4 is 35.0 Å². The molecule has 194 valence electrons. The summed E-state index contributed by atoms with van der Waals surface area (Å²) < 4.78 is 0. The minimum atomic E-state index is -0.618. The van der Waals surface area contributed by atoms with Crippen LogP contribution in [0.15, 0.2) is 78.9 Å². The average Bonchev–Trinajstić information content (AvgIpc) is 3.42. The molecule has 0 heterocycles. The summed E-state index contributed by atoms with van der Waals surface area (Å²) >= 11 is 13.0. The van der Waals surface area contributed by atoms with E-state index in [1.807, 2.05) is 67.6 Å². The summed E-state index contributed by atoms with van der Waals surface area (Å²) in [6.45, 7) is 2.11. The molecule has 0 spiro atoms. The van der Waals surface area contributed by atoms with Crippen LogP contribution in [0.2, 0.25) is 10.0 Å². The topological polar surface area (TPSA) is 49.4 Å². The van der Waals surface area contributed by atoms with E-state index in [4.69, 9.17) is 23.2 Å². The smallest absolute Gasteiger partial charge is 0.243 e. The highest BCUT2D eigenvalue weighted by Gasteiger charge is 2.33. The summed E-state index contributed by atoms with van der Waals surface area (Å²) in [6.07, 6.45) is 4.93. The maximum Gasteiger partial charge on any atom is 0.243 e. The molecule has 0 bridgehead atoms. The average molecular weight is 538 g/mol. The van der Waals surface area contributed by atoms with E-state index in [1.54, 1.807) is 23.1 Å². The predicted molar refractivity (Wildman–Crippen MR) is 151 cm³/mol. The molecule has 1 atom stereocenters. The van der Waals surface area contributed by atoms with E-state index in [0.717, 1.165) is 36.8 Å². The molecule has 1 unspecified atom stereocenters. The van der Waals surface area contributed by atoms with E-state index in [2.05, 4.69) is 5.32 Å². The Morgan fingerprint density at radius 1 is 0.865 bits per heavy atom. The number of benzene rings is 3. The number of hydrogen-bond acceptors (Lipinski definition) is 2. The van der Waals surface area contributed by atoms with Crippen LogP contribution in [-0.4, -0.2) is 28.8 Å². The zero-order valence-electron chi connectivity index (χ0n) is 21.2. The van der Waals surface area contributed by atoms with Gasteiger partial charge in [-0.3, -0.25) is 9.59 Å². The number of halogens is 2. The zero-order chi connectivity index (χ0) is 26.2. The summed E-state index contributed by atoms with van der Waals surface area (Å²) in [5.41, 5.74) is 2.77. The lowest BCUT2D eigenvalue weighted by molar-refractivity contribution is -0.141. The largest absolute Gasteiger partial charge is 0.352 e. The van der Waals surface area contributed by atoms with Crippen LogP contribution in [-0.2, 0) is 16.1 Å². The number of nitrogens with zero attached hydrogens (tertiary/aromatic N) is 1. The fourth-order valence-electron chi connectivity index (χ4n) is 5.23. The van der Waals surface area contributed by atoms with E-state index >= 15 is 0 Å². The fourth-order valence-corrected chi connectivity index (χ4v) is 5.75. The Morgan fingerprint density at radius 2 is 1.41 bits per heavy atom. The second-order valence-electron chi connectivity index (χ2n) is 9.71. The molecule has 2 amide bonds. The molecule has 6 heteroatoms. The van der Waals surface area contributed by atoms with Gasteiger partial charge in [0.05, 0.1) is 0 Å². The van der Waals surface area contributed by atoms with Crippen molar-refractivity contribution < 1.29 is 9.59 Å². The maximum absolute atomic E-state index is 14.1. The number of carbonyl (C=O) groups is 2. The van der Waals surface area contributed by atoms with Gasteiger partial charge in [-0.1, -0.05) is 110 Å². The van der Waals surface area contributed by atoms with Crippen molar-refractivity contribution in [2.45, 2.75) is 70.0 Å². The molecule has 0 radical (unpaired) electrons. The van der Waals surface area contributed by atoms with E-state index < -0.39 is 6.04 Å². The summed E-state index contributed by atoms with van der Waals surface area (Å²) in [5.74, 6) is -0.362. The number of rotatable bonds is 10. The highest BCUT2D eigenvalue weighted by atomic mass is 35.5. The normalized spacial score (nSPS) is 14.5. The molecule has 1 saturated carbocycles. The summed E-state index contributed by atoms with van der Waals surface area (Å²) in [6, 6.07) is 24.9. The number of carbonyl (C=O) groups excluding carboxylic acids is 2. The lowest BCUT2D eigenvalue weighted by Gasteiger charge is -2.33. The highest BCUT2D eigenvalue weighted by Crippen LogP contribution is 2.32. The monoisotopic (exact) mass is 536 g/mol. The van der Waals surface area contributed by atoms with Crippen molar-refractivity contribution in [3.63, 3.8) is 0 Å². The SMILES string of the molecule is CCC(C(=O)NC1CCCC1)N(Cc1c(Cl)cccc1Cl)C(=O)CC(c1ccccc1)c1ccccc1. The van der Waals surface area contributed by atoms with Crippen molar-refractivity contribution in [1.82, 2.24) is 10.2 Å². The van der Waals surface area contributed by atoms with Crippen LogP contribution < -0.4 is 5.32 Å². The number of hydrogen-bond donors (Lipinski definition) is 1. The second-order valence-corrected chi connectivity index (χ2v) is 10.5. The molecule has 0 aliphatic heterocycles. The highest BCUT2D eigenvalue weighted by molar-refractivity contribution is 6.36. The molecule has 1 aliphatic carbocycles. The maximum atomic E-state index is 14.1. The molecule has 1 N–H and O–H groups in total. The Balaban J connectivity index is 1.67. The van der Waals surface area contributed by atoms with E-state index in [9.17, 15) is 9.59 Å². The van der Waals surface area contributed by atoms with Gasteiger partial charge in [0, 0.05) is 40.5 Å². The second kappa shape index (κ2) is 13.1. The Hall–Kier alpha value is -2.82. The molecule has 37 heavy (non-hydrogen) atoms. The van der Waals surface area contributed by atoms with Gasteiger partial charge >= 0.3 is 0 Å². The van der Waals surface area contributed by atoms with Gasteiger partial charge in [0.15, 0.2) is 0 Å². The standard InChI is InChI=1S/C31H34Cl2N2O2/c1-2-29(31(37)34-24-16-9-10-17-24)35(21-26-27(32)18-11-19-28(26)33)30(36)20-25(22-12-5-3-6-13-22)23-14-7-4-8-15-23/h3-8,11-15,18-19,24-25,29H,2,9-10,16-17,20-21H2,1H3,(H,34,37). The van der Waals surface area contributed by atoms with Crippen LogP contribution in [0.3, 0.4) is 0 Å². The third kappa shape index (κ3) is 6.94. The number of amides is 2. The predicted octanol–water partition coefficient (Wildman–Crippen LogP) is 7.38. The van der Waals surface area contributed by atoms with Crippen LogP contribution in [0.4, 0.5) is 0 Å². The first-order valence-corrected chi connectivity index (χ1v) is 13.9. The third-order valence-corrected chi connectivity index (χ3v) is 7.97. The molecule has 1 fully saturated rings. The van der Waals surface area contributed by atoms with Gasteiger partial charge in [-0.05, 0) is 42.5 Å². The van der Waals surface area contributed by atoms with Gasteiger partial charge in [0.2, 0.25) is 11.8 Å². The van der Waals surface area contributed by atoms with E-state index in [0.29, 0.717) is 22.0 Å². The van der Waals surface area contributed by atoms with Crippen molar-refractivity contribution in [1.29, 1.82) is 0 Å². The zero-order valence-corrected chi connectivity index (χ0v) is 22.7. The van der Waals surface area contributed by atoms with Crippen LogP contribution >= 0.6 is 23.2 Å². The van der Waals surface area contributed by atoms with Crippen molar-refractivity contribution in [3.05, 3.63) is 106 Å². The lowest BCUT2D eigenvalue weighted by Crippen LogP contribution is -2.51. The van der Waals surface area contributed by atoms with Crippen LogP contribution in [0.25, 0.3) is 0 Å². The Labute approximate surface area is 230 Å². The fraction of sp³-hybridized carbons (Fsp3) is 0.355. The first-order valence-electron chi connectivity index (χ1n) is 13.1. The van der Waals surface area contributed by atoms with Gasteiger partial charge < -0.3 is 10.2 Å². The Bertz CT molecular complexity index is 1120. The molecule has 3 aromatic carbocycles. The van der Waals surface area contributed by atoms with Crippen LogP contribution in [0, 0.1) is 0 Å². The molecule has 0 aromatic heterocycles. The van der Waals surface area contributed by atoms with Crippen molar-refractivity contribution in [2.75, 3.05) is 0 Å². The van der Waals surface area contributed by atoms with Crippen LogP contribution in [0.5, 0.6) is 0 Å². The molecule has 1 aliphatic rings. The molecular formula is C31H34Cl2N2O2. The quantitative estimate of drug-likeness (QED) is 0.293. The molecule has 3 aromatic rings. The summed E-state index contributed by atoms with van der Waals surface area (Å²) in [7, 11) is 0. The summed E-state index contributed by atoms with van der Waals surface area (Å²) in [4.78, 5) is 29.3. The van der Waals surface area contributed by atoms with Gasteiger partial charge in [-0.2, -0.15) is 0 Å². The van der Waals surface area contributed by atoms with Crippen molar-refractivity contribution in [3.8, 4) is 0 Å². The molecule has 0 saturated heterocycles. The van der Waals surface area contributed by atoms with Gasteiger partial charge in [-0.15, -0.1) is 0 Å². The first-order chi connectivity index (χ1) is 18.0. The lowest BCUT2D eigenvalue weighted by atomic mass is 9.88. The molecule has 4 nitrogen and oxygen atoms in total. The van der Waals surface area contributed by atoms with Crippen LogP contribution in [0.1, 0.15) is 68.1 Å². The van der Waals surface area contributed by atoms with E-state index in [-0.39, 0.29) is 36.7 Å². The van der Waals surface area contributed by atoms with Crippen molar-refractivity contribution in [2.24, 2.45) is 0 Å². The third-order valence-electron chi connectivity index (χ3n) is 7.26. The minimum Gasteiger partial charge on any atom is -0.352 e. The molecular weight excluding hydrogens is 503 g/mol. The summed E-state index contributed by atoms with van der Waals surface area (Å²) in [5, 5.41) is 4.17. The minimum absolute atomic E-state index is 0.109.